The standard InChI is InChI=1S/C15H13IN2O3S/c16-6-10-8-22-14-11(13(19)18(14)12(10)15(20)21)17-7-9-4-2-1-3-5-9/h1-5,7,11,14H,6,8H2,(H,20,21)/b17-7+/t11?,14-/m1/s1. The first-order valence-electron chi connectivity index (χ1n) is 6.67. The van der Waals surface area contributed by atoms with Crippen molar-refractivity contribution in [3.05, 3.63) is 47.2 Å². The number of aliphatic carboxylic acids is 1. The molecule has 1 saturated heterocycles. The van der Waals surface area contributed by atoms with E-state index in [4.69, 9.17) is 0 Å². The van der Waals surface area contributed by atoms with Crippen LogP contribution in [0.5, 0.6) is 0 Å². The van der Waals surface area contributed by atoms with E-state index in [2.05, 4.69) is 27.6 Å². The molecule has 1 fully saturated rings. The van der Waals surface area contributed by atoms with Crippen LogP contribution in [0.1, 0.15) is 5.56 Å². The van der Waals surface area contributed by atoms with E-state index in [1.807, 2.05) is 30.3 Å². The third-order valence-corrected chi connectivity index (χ3v) is 5.81. The molecule has 0 bridgehead atoms. The van der Waals surface area contributed by atoms with Crippen LogP contribution in [0, 0.1) is 0 Å². The van der Waals surface area contributed by atoms with Crippen molar-refractivity contribution in [3.8, 4) is 0 Å². The van der Waals surface area contributed by atoms with Crippen LogP contribution in [0.15, 0.2) is 46.6 Å². The number of carboxylic acids is 1. The zero-order valence-electron chi connectivity index (χ0n) is 11.5. The van der Waals surface area contributed by atoms with Gasteiger partial charge >= 0.3 is 5.97 Å². The van der Waals surface area contributed by atoms with E-state index < -0.39 is 12.0 Å². The Hall–Kier alpha value is -1.35. The first kappa shape index (κ1) is 15.5. The molecule has 0 aromatic heterocycles. The molecule has 1 aromatic rings. The molecule has 7 heteroatoms. The number of halogens is 1. The van der Waals surface area contributed by atoms with Gasteiger partial charge in [-0.15, -0.1) is 11.8 Å². The highest BCUT2D eigenvalue weighted by molar-refractivity contribution is 14.1. The van der Waals surface area contributed by atoms with E-state index in [1.54, 1.807) is 18.0 Å². The molecule has 2 heterocycles. The Labute approximate surface area is 145 Å². The minimum atomic E-state index is -1.03. The third kappa shape index (κ3) is 2.67. The van der Waals surface area contributed by atoms with Crippen molar-refractivity contribution in [1.29, 1.82) is 0 Å². The number of hydrogen-bond donors (Lipinski definition) is 1. The van der Waals surface area contributed by atoms with E-state index >= 15 is 0 Å². The summed E-state index contributed by atoms with van der Waals surface area (Å²) >= 11 is 3.71. The number of nitrogens with zero attached hydrogens (tertiary/aromatic N) is 2. The Bertz CT molecular complexity index is 675. The molecular formula is C15H13IN2O3S. The van der Waals surface area contributed by atoms with Crippen molar-refractivity contribution in [2.45, 2.75) is 11.4 Å². The molecule has 2 atom stereocenters. The molecule has 3 rings (SSSR count). The monoisotopic (exact) mass is 428 g/mol. The fraction of sp³-hybridized carbons (Fsp3) is 0.267. The quantitative estimate of drug-likeness (QED) is 0.346. The Morgan fingerprint density at radius 2 is 2.18 bits per heavy atom. The number of carboxylic acid groups (broad SMARTS) is 1. The van der Waals surface area contributed by atoms with Gasteiger partial charge in [-0.05, 0) is 11.1 Å². The van der Waals surface area contributed by atoms with Crippen molar-refractivity contribution >= 4 is 52.4 Å². The normalized spacial score (nSPS) is 24.4. The van der Waals surface area contributed by atoms with E-state index in [0.29, 0.717) is 10.2 Å². The highest BCUT2D eigenvalue weighted by Crippen LogP contribution is 2.41. The molecule has 0 radical (unpaired) electrons. The van der Waals surface area contributed by atoms with Gasteiger partial charge in [-0.3, -0.25) is 14.7 Å². The highest BCUT2D eigenvalue weighted by Gasteiger charge is 2.53. The molecular weight excluding hydrogens is 415 g/mol. The summed E-state index contributed by atoms with van der Waals surface area (Å²) in [4.78, 5) is 29.5. The van der Waals surface area contributed by atoms with Crippen LogP contribution in [-0.4, -0.2) is 49.7 Å². The molecule has 1 unspecified atom stereocenters. The molecule has 1 N–H and O–H groups in total. The number of carbonyl (C=O) groups excluding carboxylic acids is 1. The van der Waals surface area contributed by atoms with E-state index in [0.717, 1.165) is 11.1 Å². The first-order chi connectivity index (χ1) is 10.6. The maximum atomic E-state index is 12.3. The van der Waals surface area contributed by atoms with Gasteiger partial charge in [0.05, 0.1) is 0 Å². The number of aliphatic imine (C=N–C) groups is 1. The summed E-state index contributed by atoms with van der Waals surface area (Å²) in [5, 5.41) is 9.17. The largest absolute Gasteiger partial charge is 0.477 e. The second-order valence-corrected chi connectivity index (χ2v) is 6.80. The zero-order chi connectivity index (χ0) is 15.7. The molecule has 0 spiro atoms. The van der Waals surface area contributed by atoms with Crippen LogP contribution >= 0.6 is 34.4 Å². The lowest BCUT2D eigenvalue weighted by molar-refractivity contribution is -0.147. The van der Waals surface area contributed by atoms with Crippen molar-refractivity contribution in [3.63, 3.8) is 0 Å². The van der Waals surface area contributed by atoms with Crippen molar-refractivity contribution in [1.82, 2.24) is 4.90 Å². The number of β-lactam (4-membered cyclic amide) rings is 1. The Balaban J connectivity index is 1.81. The van der Waals surface area contributed by atoms with Gasteiger partial charge in [0.15, 0.2) is 6.04 Å². The summed E-state index contributed by atoms with van der Waals surface area (Å²) in [5.74, 6) is -0.629. The van der Waals surface area contributed by atoms with E-state index in [1.165, 1.54) is 4.90 Å². The average molecular weight is 428 g/mol. The van der Waals surface area contributed by atoms with Crippen molar-refractivity contribution in [2.75, 3.05) is 10.2 Å². The Morgan fingerprint density at radius 1 is 1.45 bits per heavy atom. The average Bonchev–Trinajstić information content (AvgIpc) is 2.54. The van der Waals surface area contributed by atoms with Crippen LogP contribution < -0.4 is 0 Å². The third-order valence-electron chi connectivity index (χ3n) is 3.57. The topological polar surface area (TPSA) is 70.0 Å². The lowest BCUT2D eigenvalue weighted by Gasteiger charge is -2.47. The number of thioether (sulfide) groups is 1. The van der Waals surface area contributed by atoms with Gasteiger partial charge in [0.1, 0.15) is 11.1 Å². The minimum absolute atomic E-state index is 0.148. The zero-order valence-corrected chi connectivity index (χ0v) is 14.5. The number of amides is 1. The number of alkyl halides is 1. The summed E-state index contributed by atoms with van der Waals surface area (Å²) in [6.07, 6.45) is 1.68. The Kier molecular flexibility index (Phi) is 4.53. The number of benzene rings is 1. The first-order valence-corrected chi connectivity index (χ1v) is 9.25. The lowest BCUT2D eigenvalue weighted by atomic mass is 10.0. The number of fused-ring (bicyclic) bond motifs is 1. The second kappa shape index (κ2) is 6.41. The second-order valence-electron chi connectivity index (χ2n) is 4.93. The fourth-order valence-corrected chi connectivity index (χ4v) is 4.81. The maximum absolute atomic E-state index is 12.3. The molecule has 2 aliphatic rings. The van der Waals surface area contributed by atoms with Crippen molar-refractivity contribution in [2.24, 2.45) is 4.99 Å². The number of carbonyl (C=O) groups is 2. The van der Waals surface area contributed by atoms with Gasteiger partial charge in [-0.2, -0.15) is 0 Å². The summed E-state index contributed by atoms with van der Waals surface area (Å²) in [6, 6.07) is 9.06. The molecule has 0 saturated carbocycles. The summed E-state index contributed by atoms with van der Waals surface area (Å²) in [5.41, 5.74) is 1.87. The molecule has 5 nitrogen and oxygen atoms in total. The van der Waals surface area contributed by atoms with Gasteiger partial charge in [-0.1, -0.05) is 52.9 Å². The molecule has 1 aromatic carbocycles. The van der Waals surface area contributed by atoms with Gasteiger partial charge in [0, 0.05) is 16.4 Å². The number of hydrogen-bond acceptors (Lipinski definition) is 4. The molecule has 2 aliphatic heterocycles. The predicted octanol–water partition coefficient (Wildman–Crippen LogP) is 2.16. The predicted molar refractivity (Wildman–Crippen MR) is 94.5 cm³/mol. The van der Waals surface area contributed by atoms with Crippen LogP contribution in [0.25, 0.3) is 0 Å². The SMILES string of the molecule is O=C(O)C1=C(CI)CS[C@@H]2C(/N=C/c3ccccc3)C(=O)N12. The maximum Gasteiger partial charge on any atom is 0.352 e. The minimum Gasteiger partial charge on any atom is -0.477 e. The molecule has 114 valence electrons. The summed E-state index contributed by atoms with van der Waals surface area (Å²) in [7, 11) is 0. The van der Waals surface area contributed by atoms with E-state index in [9.17, 15) is 14.7 Å². The van der Waals surface area contributed by atoms with Crippen LogP contribution in [0.3, 0.4) is 0 Å². The van der Waals surface area contributed by atoms with Crippen LogP contribution in [0.4, 0.5) is 0 Å². The van der Waals surface area contributed by atoms with Gasteiger partial charge in [0.25, 0.3) is 5.91 Å². The molecule has 22 heavy (non-hydrogen) atoms. The van der Waals surface area contributed by atoms with Crippen LogP contribution in [0.2, 0.25) is 0 Å². The molecule has 0 aliphatic carbocycles. The molecule has 1 amide bonds. The van der Waals surface area contributed by atoms with Gasteiger partial charge in [-0.25, -0.2) is 4.79 Å². The van der Waals surface area contributed by atoms with Crippen molar-refractivity contribution < 1.29 is 14.7 Å². The summed E-state index contributed by atoms with van der Waals surface area (Å²) in [6.45, 7) is 0. The van der Waals surface area contributed by atoms with Gasteiger partial charge in [0.2, 0.25) is 0 Å². The van der Waals surface area contributed by atoms with Crippen LogP contribution in [-0.2, 0) is 9.59 Å². The fourth-order valence-electron chi connectivity index (χ4n) is 2.48. The Morgan fingerprint density at radius 3 is 2.82 bits per heavy atom. The van der Waals surface area contributed by atoms with E-state index in [-0.39, 0.29) is 17.0 Å². The summed E-state index contributed by atoms with van der Waals surface area (Å²) < 4.78 is 0.612. The van der Waals surface area contributed by atoms with Gasteiger partial charge < -0.3 is 5.11 Å². The lowest BCUT2D eigenvalue weighted by Crippen LogP contribution is -2.64. The number of rotatable bonds is 4. The smallest absolute Gasteiger partial charge is 0.352 e. The highest BCUT2D eigenvalue weighted by atomic mass is 127.